The molecule has 0 aliphatic carbocycles. The Morgan fingerprint density at radius 2 is 2.30 bits per heavy atom. The average molecular weight is 290 g/mol. The fourth-order valence-corrected chi connectivity index (χ4v) is 2.24. The Morgan fingerprint density at radius 3 is 3.05 bits per heavy atom. The molecule has 1 amide bonds. The number of aliphatic hydroxyl groups is 1. The number of thioether (sulfide) groups is 1. The second-order valence-corrected chi connectivity index (χ2v) is 5.28. The average Bonchev–Trinajstić information content (AvgIpc) is 2.49. The van der Waals surface area contributed by atoms with E-state index in [9.17, 15) is 4.79 Å². The van der Waals surface area contributed by atoms with Crippen molar-refractivity contribution in [2.45, 2.75) is 6.42 Å². The zero-order valence-electron chi connectivity index (χ0n) is 11.2. The van der Waals surface area contributed by atoms with Crippen LogP contribution in [0, 0.1) is 11.3 Å². The summed E-state index contributed by atoms with van der Waals surface area (Å²) in [6.07, 6.45) is 3.94. The van der Waals surface area contributed by atoms with Crippen molar-refractivity contribution in [3.05, 3.63) is 41.5 Å². The molecular formula is C15H18N2O2S. The van der Waals surface area contributed by atoms with E-state index in [4.69, 9.17) is 10.4 Å². The molecular weight excluding hydrogens is 272 g/mol. The van der Waals surface area contributed by atoms with Crippen LogP contribution in [0.5, 0.6) is 0 Å². The van der Waals surface area contributed by atoms with Crippen LogP contribution in [0.4, 0.5) is 0 Å². The van der Waals surface area contributed by atoms with Crippen LogP contribution >= 0.6 is 11.8 Å². The van der Waals surface area contributed by atoms with Crippen molar-refractivity contribution in [1.82, 2.24) is 5.32 Å². The van der Waals surface area contributed by atoms with Crippen molar-refractivity contribution in [2.75, 3.05) is 24.7 Å². The van der Waals surface area contributed by atoms with Crippen molar-refractivity contribution in [2.24, 2.45) is 0 Å². The minimum Gasteiger partial charge on any atom is -0.396 e. The van der Waals surface area contributed by atoms with E-state index in [2.05, 4.69) is 11.4 Å². The molecule has 0 saturated heterocycles. The smallest absolute Gasteiger partial charge is 0.244 e. The van der Waals surface area contributed by atoms with E-state index >= 15 is 0 Å². The lowest BCUT2D eigenvalue weighted by Crippen LogP contribution is -2.23. The summed E-state index contributed by atoms with van der Waals surface area (Å²) in [6.45, 7) is 0.821. The standard InChI is InChI=1S/C15H18N2O2S/c16-12-14-4-1-3-13(11-14)5-6-15(19)17-7-10-20-9-2-8-18/h1,3-6,11,18H,2,7-10H2,(H,17,19)/b6-5+. The maximum Gasteiger partial charge on any atom is 0.244 e. The van der Waals surface area contributed by atoms with Gasteiger partial charge in [-0.15, -0.1) is 0 Å². The van der Waals surface area contributed by atoms with Gasteiger partial charge in [-0.05, 0) is 35.9 Å². The van der Waals surface area contributed by atoms with Crippen LogP contribution in [-0.2, 0) is 4.79 Å². The van der Waals surface area contributed by atoms with Crippen LogP contribution in [0.1, 0.15) is 17.5 Å². The molecule has 0 atom stereocenters. The van der Waals surface area contributed by atoms with Crippen molar-refractivity contribution in [1.29, 1.82) is 5.26 Å². The van der Waals surface area contributed by atoms with Crippen LogP contribution in [0.25, 0.3) is 6.08 Å². The molecule has 0 spiro atoms. The molecule has 0 unspecified atom stereocenters. The summed E-state index contributed by atoms with van der Waals surface area (Å²) in [7, 11) is 0. The van der Waals surface area contributed by atoms with Crippen molar-refractivity contribution >= 4 is 23.7 Å². The van der Waals surface area contributed by atoms with Crippen molar-refractivity contribution in [3.63, 3.8) is 0 Å². The van der Waals surface area contributed by atoms with Gasteiger partial charge in [0.25, 0.3) is 0 Å². The molecule has 0 heterocycles. The minimum atomic E-state index is -0.143. The SMILES string of the molecule is N#Cc1cccc(/C=C/C(=O)NCCSCCCO)c1. The van der Waals surface area contributed by atoms with E-state index in [1.807, 2.05) is 6.07 Å². The van der Waals surface area contributed by atoms with Gasteiger partial charge in [-0.2, -0.15) is 17.0 Å². The fraction of sp³-hybridized carbons (Fsp3) is 0.333. The number of aliphatic hydroxyl groups excluding tert-OH is 1. The lowest BCUT2D eigenvalue weighted by atomic mass is 10.1. The number of nitriles is 1. The normalized spacial score (nSPS) is 10.4. The number of benzene rings is 1. The van der Waals surface area contributed by atoms with Gasteiger partial charge >= 0.3 is 0 Å². The van der Waals surface area contributed by atoms with Crippen LogP contribution in [0.3, 0.4) is 0 Å². The molecule has 0 fully saturated rings. The Kier molecular flexibility index (Phi) is 8.20. The third-order valence-corrected chi connectivity index (χ3v) is 3.51. The summed E-state index contributed by atoms with van der Waals surface area (Å²) in [4.78, 5) is 11.5. The van der Waals surface area contributed by atoms with E-state index in [-0.39, 0.29) is 12.5 Å². The number of amides is 1. The molecule has 5 heteroatoms. The number of hydrogen-bond donors (Lipinski definition) is 2. The Morgan fingerprint density at radius 1 is 1.45 bits per heavy atom. The van der Waals surface area contributed by atoms with Gasteiger partial charge < -0.3 is 10.4 Å². The Labute approximate surface area is 123 Å². The first-order valence-corrected chi connectivity index (χ1v) is 7.56. The van der Waals surface area contributed by atoms with E-state index in [1.165, 1.54) is 6.08 Å². The molecule has 0 saturated carbocycles. The van der Waals surface area contributed by atoms with Gasteiger partial charge in [0.05, 0.1) is 11.6 Å². The van der Waals surface area contributed by atoms with Gasteiger partial charge in [-0.25, -0.2) is 0 Å². The fourth-order valence-electron chi connectivity index (χ4n) is 1.46. The lowest BCUT2D eigenvalue weighted by molar-refractivity contribution is -0.116. The van der Waals surface area contributed by atoms with Crippen molar-refractivity contribution in [3.8, 4) is 6.07 Å². The molecule has 0 bridgehead atoms. The molecule has 0 radical (unpaired) electrons. The van der Waals surface area contributed by atoms with Gasteiger partial charge in [-0.3, -0.25) is 4.79 Å². The largest absolute Gasteiger partial charge is 0.396 e. The highest BCUT2D eigenvalue weighted by Gasteiger charge is 1.96. The molecule has 4 nitrogen and oxygen atoms in total. The molecule has 0 aromatic heterocycles. The summed E-state index contributed by atoms with van der Waals surface area (Å²) < 4.78 is 0. The van der Waals surface area contributed by atoms with E-state index < -0.39 is 0 Å². The molecule has 2 N–H and O–H groups in total. The Balaban J connectivity index is 2.27. The third kappa shape index (κ3) is 6.98. The zero-order chi connectivity index (χ0) is 14.6. The number of hydrogen-bond acceptors (Lipinski definition) is 4. The minimum absolute atomic E-state index is 0.143. The van der Waals surface area contributed by atoms with Crippen LogP contribution < -0.4 is 5.32 Å². The molecule has 1 rings (SSSR count). The molecule has 0 aliphatic heterocycles. The zero-order valence-corrected chi connectivity index (χ0v) is 12.0. The number of carbonyl (C=O) groups excluding carboxylic acids is 1. The van der Waals surface area contributed by atoms with E-state index in [0.29, 0.717) is 12.1 Å². The van der Waals surface area contributed by atoms with Crippen LogP contribution in [0.2, 0.25) is 0 Å². The molecule has 20 heavy (non-hydrogen) atoms. The first-order valence-electron chi connectivity index (χ1n) is 6.41. The molecule has 1 aromatic rings. The van der Waals surface area contributed by atoms with E-state index in [0.717, 1.165) is 23.5 Å². The second-order valence-electron chi connectivity index (χ2n) is 4.05. The summed E-state index contributed by atoms with van der Waals surface area (Å²) >= 11 is 1.70. The monoisotopic (exact) mass is 290 g/mol. The lowest BCUT2D eigenvalue weighted by Gasteiger charge is -2.01. The van der Waals surface area contributed by atoms with Gasteiger partial charge in [-0.1, -0.05) is 12.1 Å². The quantitative estimate of drug-likeness (QED) is 0.565. The number of carbonyl (C=O) groups is 1. The maximum absolute atomic E-state index is 11.5. The second kappa shape index (κ2) is 10.1. The van der Waals surface area contributed by atoms with Crippen LogP contribution in [-0.4, -0.2) is 35.7 Å². The highest BCUT2D eigenvalue weighted by atomic mass is 32.2. The summed E-state index contributed by atoms with van der Waals surface area (Å²) in [5.41, 5.74) is 1.41. The molecule has 0 aliphatic rings. The Bertz CT molecular complexity index is 495. The van der Waals surface area contributed by atoms with E-state index in [1.54, 1.807) is 36.0 Å². The van der Waals surface area contributed by atoms with Gasteiger partial charge in [0, 0.05) is 25.0 Å². The van der Waals surface area contributed by atoms with Gasteiger partial charge in [0.15, 0.2) is 0 Å². The highest BCUT2D eigenvalue weighted by molar-refractivity contribution is 7.99. The summed E-state index contributed by atoms with van der Waals surface area (Å²) in [6, 6.07) is 9.14. The predicted octanol–water partition coefficient (Wildman–Crippen LogP) is 1.80. The van der Waals surface area contributed by atoms with Gasteiger partial charge in [0.1, 0.15) is 0 Å². The first-order chi connectivity index (χ1) is 9.76. The number of rotatable bonds is 8. The maximum atomic E-state index is 11.5. The summed E-state index contributed by atoms with van der Waals surface area (Å²) in [5.74, 6) is 1.60. The van der Waals surface area contributed by atoms with Crippen molar-refractivity contribution < 1.29 is 9.90 Å². The molecule has 1 aromatic carbocycles. The first kappa shape index (κ1) is 16.3. The number of nitrogens with one attached hydrogen (secondary N) is 1. The van der Waals surface area contributed by atoms with Gasteiger partial charge in [0.2, 0.25) is 5.91 Å². The van der Waals surface area contributed by atoms with Crippen LogP contribution in [0.15, 0.2) is 30.3 Å². The third-order valence-electron chi connectivity index (χ3n) is 2.44. The topological polar surface area (TPSA) is 73.1 Å². The predicted molar refractivity (Wildman–Crippen MR) is 82.2 cm³/mol. The molecule has 106 valence electrons. The number of nitrogens with zero attached hydrogens (tertiary/aromatic N) is 1. The Hall–Kier alpha value is -1.77. The summed E-state index contributed by atoms with van der Waals surface area (Å²) in [5, 5.41) is 20.2. The highest BCUT2D eigenvalue weighted by Crippen LogP contribution is 2.05.